The summed E-state index contributed by atoms with van der Waals surface area (Å²) in [7, 11) is 2.46. The number of carbonyl (C=O) groups excluding carboxylic acids is 3. The van der Waals surface area contributed by atoms with Crippen molar-refractivity contribution in [1.82, 2.24) is 0 Å². The SMILES string of the molecule is COC(=O)c1ccc(C(=O)OC)c(NC(=O)[C@@H](C)Oc2cc(C)c(Cl)c(C)c2)c1. The predicted octanol–water partition coefficient (Wildman–Crippen LogP) is 3.94. The van der Waals surface area contributed by atoms with Crippen LogP contribution in [-0.4, -0.2) is 38.2 Å². The molecule has 0 saturated carbocycles. The first-order valence-corrected chi connectivity index (χ1v) is 9.10. The number of hydrogen-bond acceptors (Lipinski definition) is 6. The zero-order valence-electron chi connectivity index (χ0n) is 16.8. The second-order valence-electron chi connectivity index (χ2n) is 6.36. The Morgan fingerprint density at radius 1 is 0.966 bits per heavy atom. The second kappa shape index (κ2) is 9.43. The van der Waals surface area contributed by atoms with E-state index in [1.54, 1.807) is 19.1 Å². The van der Waals surface area contributed by atoms with Crippen molar-refractivity contribution in [2.24, 2.45) is 0 Å². The number of rotatable bonds is 6. The van der Waals surface area contributed by atoms with E-state index in [0.717, 1.165) is 11.1 Å². The van der Waals surface area contributed by atoms with Crippen LogP contribution >= 0.6 is 11.6 Å². The van der Waals surface area contributed by atoms with Gasteiger partial charge < -0.3 is 19.5 Å². The van der Waals surface area contributed by atoms with Crippen LogP contribution in [0.4, 0.5) is 5.69 Å². The summed E-state index contributed by atoms with van der Waals surface area (Å²) in [5, 5.41) is 3.24. The van der Waals surface area contributed by atoms with Gasteiger partial charge in [0, 0.05) is 5.02 Å². The number of nitrogens with one attached hydrogen (secondary N) is 1. The van der Waals surface area contributed by atoms with E-state index < -0.39 is 23.9 Å². The van der Waals surface area contributed by atoms with Crippen LogP contribution in [0.3, 0.4) is 0 Å². The molecule has 0 aliphatic carbocycles. The molecule has 0 radical (unpaired) electrons. The van der Waals surface area contributed by atoms with Gasteiger partial charge in [-0.3, -0.25) is 4.79 Å². The van der Waals surface area contributed by atoms with Gasteiger partial charge in [-0.2, -0.15) is 0 Å². The quantitative estimate of drug-likeness (QED) is 0.713. The predicted molar refractivity (Wildman–Crippen MR) is 109 cm³/mol. The summed E-state index contributed by atoms with van der Waals surface area (Å²) >= 11 is 6.15. The molecular weight excluding hydrogens is 398 g/mol. The van der Waals surface area contributed by atoms with E-state index in [0.29, 0.717) is 10.8 Å². The molecule has 0 unspecified atom stereocenters. The van der Waals surface area contributed by atoms with Crippen molar-refractivity contribution < 1.29 is 28.6 Å². The van der Waals surface area contributed by atoms with E-state index in [1.807, 2.05) is 13.8 Å². The normalized spacial score (nSPS) is 11.4. The summed E-state index contributed by atoms with van der Waals surface area (Å²) in [4.78, 5) is 36.4. The average Bonchev–Trinajstić information content (AvgIpc) is 2.70. The molecule has 0 aliphatic heterocycles. The molecule has 0 saturated heterocycles. The first-order valence-electron chi connectivity index (χ1n) is 8.72. The Labute approximate surface area is 173 Å². The lowest BCUT2D eigenvalue weighted by molar-refractivity contribution is -0.122. The fraction of sp³-hybridized carbons (Fsp3) is 0.286. The van der Waals surface area contributed by atoms with Gasteiger partial charge in [0.2, 0.25) is 0 Å². The Morgan fingerprint density at radius 3 is 2.10 bits per heavy atom. The summed E-state index contributed by atoms with van der Waals surface area (Å²) in [6.45, 7) is 5.25. The molecule has 0 fully saturated rings. The molecule has 29 heavy (non-hydrogen) atoms. The number of anilines is 1. The van der Waals surface area contributed by atoms with Crippen molar-refractivity contribution in [3.05, 3.63) is 57.6 Å². The third-order valence-electron chi connectivity index (χ3n) is 4.20. The van der Waals surface area contributed by atoms with Crippen LogP contribution in [0, 0.1) is 13.8 Å². The largest absolute Gasteiger partial charge is 0.481 e. The molecule has 0 heterocycles. The van der Waals surface area contributed by atoms with Gasteiger partial charge in [0.1, 0.15) is 5.75 Å². The maximum atomic E-state index is 12.6. The van der Waals surface area contributed by atoms with E-state index in [4.69, 9.17) is 21.1 Å². The number of hydrogen-bond donors (Lipinski definition) is 1. The van der Waals surface area contributed by atoms with Crippen molar-refractivity contribution in [3.63, 3.8) is 0 Å². The smallest absolute Gasteiger partial charge is 0.339 e. The molecule has 2 aromatic carbocycles. The third-order valence-corrected chi connectivity index (χ3v) is 4.79. The number of carbonyl (C=O) groups is 3. The van der Waals surface area contributed by atoms with E-state index in [9.17, 15) is 14.4 Å². The molecule has 0 aliphatic rings. The van der Waals surface area contributed by atoms with Gasteiger partial charge in [-0.1, -0.05) is 11.6 Å². The number of aryl methyl sites for hydroxylation is 2. The minimum absolute atomic E-state index is 0.0962. The molecular formula is C21H22ClNO6. The zero-order chi connectivity index (χ0) is 21.7. The highest BCUT2D eigenvalue weighted by Gasteiger charge is 2.21. The molecule has 1 amide bonds. The van der Waals surface area contributed by atoms with Crippen molar-refractivity contribution >= 4 is 35.1 Å². The van der Waals surface area contributed by atoms with Crippen LogP contribution in [0.2, 0.25) is 5.02 Å². The fourth-order valence-electron chi connectivity index (χ4n) is 2.65. The minimum Gasteiger partial charge on any atom is -0.481 e. The van der Waals surface area contributed by atoms with Gasteiger partial charge in [0.15, 0.2) is 6.10 Å². The van der Waals surface area contributed by atoms with Gasteiger partial charge in [-0.25, -0.2) is 9.59 Å². The highest BCUT2D eigenvalue weighted by Crippen LogP contribution is 2.27. The maximum Gasteiger partial charge on any atom is 0.339 e. The Bertz CT molecular complexity index is 933. The lowest BCUT2D eigenvalue weighted by atomic mass is 10.1. The van der Waals surface area contributed by atoms with Crippen molar-refractivity contribution in [1.29, 1.82) is 0 Å². The van der Waals surface area contributed by atoms with E-state index >= 15 is 0 Å². The highest BCUT2D eigenvalue weighted by molar-refractivity contribution is 6.32. The number of amides is 1. The van der Waals surface area contributed by atoms with Crippen molar-refractivity contribution in [3.8, 4) is 5.75 Å². The number of esters is 2. The molecule has 1 atom stereocenters. The van der Waals surface area contributed by atoms with Gasteiger partial charge in [-0.05, 0) is 62.2 Å². The monoisotopic (exact) mass is 419 g/mol. The van der Waals surface area contributed by atoms with E-state index in [1.165, 1.54) is 32.4 Å². The maximum absolute atomic E-state index is 12.6. The first kappa shape index (κ1) is 22.2. The Kier molecular flexibility index (Phi) is 7.23. The van der Waals surface area contributed by atoms with Gasteiger partial charge in [0.25, 0.3) is 5.91 Å². The molecule has 1 N–H and O–H groups in total. The molecule has 154 valence electrons. The van der Waals surface area contributed by atoms with Crippen molar-refractivity contribution in [2.45, 2.75) is 26.9 Å². The molecule has 0 bridgehead atoms. The van der Waals surface area contributed by atoms with Crippen LogP contribution in [0.5, 0.6) is 5.75 Å². The summed E-state index contributed by atoms with van der Waals surface area (Å²) < 4.78 is 15.1. The van der Waals surface area contributed by atoms with Gasteiger partial charge in [0.05, 0.1) is 31.0 Å². The molecule has 8 heteroatoms. The Hall–Kier alpha value is -3.06. The first-order chi connectivity index (χ1) is 13.7. The number of halogens is 1. The van der Waals surface area contributed by atoms with Crippen LogP contribution < -0.4 is 10.1 Å². The molecule has 7 nitrogen and oxygen atoms in total. The Balaban J connectivity index is 2.25. The molecule has 2 rings (SSSR count). The van der Waals surface area contributed by atoms with Crippen LogP contribution in [0.1, 0.15) is 38.8 Å². The topological polar surface area (TPSA) is 90.9 Å². The summed E-state index contributed by atoms with van der Waals surface area (Å²) in [6, 6.07) is 7.60. The van der Waals surface area contributed by atoms with Crippen LogP contribution in [0.15, 0.2) is 30.3 Å². The summed E-state index contributed by atoms with van der Waals surface area (Å²) in [5.41, 5.74) is 2.04. The van der Waals surface area contributed by atoms with Crippen molar-refractivity contribution in [2.75, 3.05) is 19.5 Å². The lowest BCUT2D eigenvalue weighted by Crippen LogP contribution is -2.31. The molecule has 0 aromatic heterocycles. The lowest BCUT2D eigenvalue weighted by Gasteiger charge is -2.17. The van der Waals surface area contributed by atoms with Crippen LogP contribution in [0.25, 0.3) is 0 Å². The number of methoxy groups -OCH3 is 2. The third kappa shape index (κ3) is 5.26. The summed E-state index contributed by atoms with van der Waals surface area (Å²) in [5.74, 6) is -1.28. The standard InChI is InChI=1S/C21H22ClNO6/c1-11-8-15(9-12(2)18(11)22)29-13(3)19(24)23-17-10-14(20(25)27-4)6-7-16(17)21(26)28-5/h6-10,13H,1-5H3,(H,23,24)/t13-/m1/s1. The fourth-order valence-corrected chi connectivity index (χ4v) is 2.76. The Morgan fingerprint density at radius 2 is 1.55 bits per heavy atom. The van der Waals surface area contributed by atoms with E-state index in [2.05, 4.69) is 10.1 Å². The van der Waals surface area contributed by atoms with Gasteiger partial charge in [-0.15, -0.1) is 0 Å². The zero-order valence-corrected chi connectivity index (χ0v) is 17.5. The highest BCUT2D eigenvalue weighted by atomic mass is 35.5. The summed E-state index contributed by atoms with van der Waals surface area (Å²) in [6.07, 6.45) is -0.887. The van der Waals surface area contributed by atoms with E-state index in [-0.39, 0.29) is 16.8 Å². The van der Waals surface area contributed by atoms with Gasteiger partial charge >= 0.3 is 11.9 Å². The van der Waals surface area contributed by atoms with Crippen LogP contribution in [-0.2, 0) is 14.3 Å². The molecule has 0 spiro atoms. The number of benzene rings is 2. The average molecular weight is 420 g/mol. The number of ether oxygens (including phenoxy) is 3. The minimum atomic E-state index is -0.887. The second-order valence-corrected chi connectivity index (χ2v) is 6.74. The molecule has 2 aromatic rings.